The zero-order valence-corrected chi connectivity index (χ0v) is 8.96. The van der Waals surface area contributed by atoms with Crippen LogP contribution in [-0.2, 0) is 4.79 Å². The number of benzene rings is 1. The van der Waals surface area contributed by atoms with Gasteiger partial charge >= 0.3 is 5.97 Å². The second-order valence-corrected chi connectivity index (χ2v) is 4.68. The molecule has 2 N–H and O–H groups in total. The van der Waals surface area contributed by atoms with Crippen LogP contribution in [0.25, 0.3) is 0 Å². The van der Waals surface area contributed by atoms with Crippen molar-refractivity contribution in [3.8, 4) is 5.75 Å². The maximum Gasteiger partial charge on any atom is 0.311 e. The summed E-state index contributed by atoms with van der Waals surface area (Å²) in [5.74, 6) is -0.203. The SMILES string of the molecule is O=C(O)C1CCCSc2c(O)cccc21. The zero-order valence-electron chi connectivity index (χ0n) is 8.14. The molecule has 1 aromatic carbocycles. The van der Waals surface area contributed by atoms with Gasteiger partial charge < -0.3 is 10.2 Å². The smallest absolute Gasteiger partial charge is 0.311 e. The zero-order chi connectivity index (χ0) is 10.8. The van der Waals surface area contributed by atoms with Crippen LogP contribution in [0, 0.1) is 0 Å². The molecule has 1 heterocycles. The Morgan fingerprint density at radius 3 is 3.00 bits per heavy atom. The predicted octanol–water partition coefficient (Wildman–Crippen LogP) is 2.45. The number of aromatic hydroxyl groups is 1. The molecule has 2 rings (SSSR count). The van der Waals surface area contributed by atoms with E-state index in [2.05, 4.69) is 0 Å². The summed E-state index contributed by atoms with van der Waals surface area (Å²) in [5, 5.41) is 18.8. The first-order chi connectivity index (χ1) is 7.20. The summed E-state index contributed by atoms with van der Waals surface area (Å²) in [4.78, 5) is 11.8. The maximum atomic E-state index is 11.1. The third-order valence-electron chi connectivity index (χ3n) is 2.58. The topological polar surface area (TPSA) is 57.5 Å². The Morgan fingerprint density at radius 2 is 2.27 bits per heavy atom. The van der Waals surface area contributed by atoms with E-state index in [1.165, 1.54) is 0 Å². The highest BCUT2D eigenvalue weighted by Crippen LogP contribution is 2.40. The lowest BCUT2D eigenvalue weighted by molar-refractivity contribution is -0.139. The number of phenols is 1. The van der Waals surface area contributed by atoms with Crippen molar-refractivity contribution >= 4 is 17.7 Å². The number of hydrogen-bond acceptors (Lipinski definition) is 3. The monoisotopic (exact) mass is 224 g/mol. The predicted molar refractivity (Wildman–Crippen MR) is 58.4 cm³/mol. The summed E-state index contributed by atoms with van der Waals surface area (Å²) >= 11 is 1.54. The molecule has 1 atom stereocenters. The number of rotatable bonds is 1. The number of phenolic OH excluding ortho intramolecular Hbond substituents is 1. The normalized spacial score (nSPS) is 20.4. The number of aliphatic carboxylic acids is 1. The highest BCUT2D eigenvalue weighted by Gasteiger charge is 2.26. The van der Waals surface area contributed by atoms with Gasteiger partial charge in [0, 0.05) is 0 Å². The molecule has 80 valence electrons. The molecule has 1 unspecified atom stereocenters. The van der Waals surface area contributed by atoms with Gasteiger partial charge in [0.1, 0.15) is 5.75 Å². The van der Waals surface area contributed by atoms with Gasteiger partial charge in [0.15, 0.2) is 0 Å². The van der Waals surface area contributed by atoms with Crippen LogP contribution < -0.4 is 0 Å². The first-order valence-corrected chi connectivity index (χ1v) is 5.86. The van der Waals surface area contributed by atoms with Gasteiger partial charge in [-0.15, -0.1) is 11.8 Å². The van der Waals surface area contributed by atoms with Crippen LogP contribution in [-0.4, -0.2) is 21.9 Å². The fraction of sp³-hybridized carbons (Fsp3) is 0.364. The average molecular weight is 224 g/mol. The van der Waals surface area contributed by atoms with Crippen molar-refractivity contribution in [3.63, 3.8) is 0 Å². The molecule has 1 aliphatic rings. The average Bonchev–Trinajstić information content (AvgIpc) is 2.40. The fourth-order valence-corrected chi connectivity index (χ4v) is 2.96. The molecular formula is C11H12O3S. The maximum absolute atomic E-state index is 11.1. The largest absolute Gasteiger partial charge is 0.507 e. The molecule has 1 aromatic rings. The van der Waals surface area contributed by atoms with E-state index in [9.17, 15) is 9.90 Å². The number of carboxylic acid groups (broad SMARTS) is 1. The lowest BCUT2D eigenvalue weighted by Crippen LogP contribution is -2.11. The van der Waals surface area contributed by atoms with Gasteiger partial charge in [-0.05, 0) is 30.2 Å². The van der Waals surface area contributed by atoms with Crippen LogP contribution in [0.3, 0.4) is 0 Å². The van der Waals surface area contributed by atoms with Crippen molar-refractivity contribution in [1.29, 1.82) is 0 Å². The minimum atomic E-state index is -0.802. The van der Waals surface area contributed by atoms with Crippen molar-refractivity contribution in [3.05, 3.63) is 23.8 Å². The van der Waals surface area contributed by atoms with Crippen LogP contribution in [0.5, 0.6) is 5.75 Å². The van der Waals surface area contributed by atoms with Crippen LogP contribution in [0.4, 0.5) is 0 Å². The second kappa shape index (κ2) is 4.14. The highest BCUT2D eigenvalue weighted by molar-refractivity contribution is 7.99. The summed E-state index contributed by atoms with van der Waals surface area (Å²) in [7, 11) is 0. The Morgan fingerprint density at radius 1 is 1.47 bits per heavy atom. The number of carboxylic acids is 1. The van der Waals surface area contributed by atoms with Crippen molar-refractivity contribution in [1.82, 2.24) is 0 Å². The van der Waals surface area contributed by atoms with Gasteiger partial charge in [-0.3, -0.25) is 4.79 Å². The third-order valence-corrected chi connectivity index (χ3v) is 3.81. The van der Waals surface area contributed by atoms with Crippen molar-refractivity contribution in [2.45, 2.75) is 23.7 Å². The Kier molecular flexibility index (Phi) is 2.86. The number of thioether (sulfide) groups is 1. The van der Waals surface area contributed by atoms with Gasteiger partial charge in [0.2, 0.25) is 0 Å². The molecule has 0 amide bonds. The molecule has 0 saturated heterocycles. The summed E-state index contributed by atoms with van der Waals surface area (Å²) in [6.07, 6.45) is 1.52. The molecule has 0 radical (unpaired) electrons. The summed E-state index contributed by atoms with van der Waals surface area (Å²) < 4.78 is 0. The van der Waals surface area contributed by atoms with E-state index in [1.807, 2.05) is 0 Å². The third kappa shape index (κ3) is 1.95. The quantitative estimate of drug-likeness (QED) is 0.769. The van der Waals surface area contributed by atoms with E-state index in [0.29, 0.717) is 6.42 Å². The van der Waals surface area contributed by atoms with E-state index >= 15 is 0 Å². The summed E-state index contributed by atoms with van der Waals surface area (Å²) in [5.41, 5.74) is 0.755. The summed E-state index contributed by atoms with van der Waals surface area (Å²) in [6.45, 7) is 0. The van der Waals surface area contributed by atoms with Crippen LogP contribution in [0.15, 0.2) is 23.1 Å². The van der Waals surface area contributed by atoms with E-state index < -0.39 is 11.9 Å². The van der Waals surface area contributed by atoms with Crippen molar-refractivity contribution in [2.24, 2.45) is 0 Å². The number of hydrogen-bond donors (Lipinski definition) is 2. The lowest BCUT2D eigenvalue weighted by Gasteiger charge is -2.12. The van der Waals surface area contributed by atoms with Crippen LogP contribution in [0.2, 0.25) is 0 Å². The first-order valence-electron chi connectivity index (χ1n) is 4.87. The van der Waals surface area contributed by atoms with E-state index in [1.54, 1.807) is 30.0 Å². The molecule has 0 fully saturated rings. The molecule has 0 bridgehead atoms. The molecule has 0 saturated carbocycles. The molecule has 0 aromatic heterocycles. The molecule has 0 spiro atoms. The minimum Gasteiger partial charge on any atom is -0.507 e. The lowest BCUT2D eigenvalue weighted by atomic mass is 9.94. The highest BCUT2D eigenvalue weighted by atomic mass is 32.2. The molecular weight excluding hydrogens is 212 g/mol. The Balaban J connectivity index is 2.49. The number of fused-ring (bicyclic) bond motifs is 1. The molecule has 1 aliphatic heterocycles. The van der Waals surface area contributed by atoms with Crippen LogP contribution in [0.1, 0.15) is 24.3 Å². The number of carbonyl (C=O) groups is 1. The van der Waals surface area contributed by atoms with Gasteiger partial charge in [0.05, 0.1) is 10.8 Å². The van der Waals surface area contributed by atoms with E-state index in [4.69, 9.17) is 5.11 Å². The minimum absolute atomic E-state index is 0.200. The Hall–Kier alpha value is -1.16. The van der Waals surface area contributed by atoms with Gasteiger partial charge in [-0.2, -0.15) is 0 Å². The summed E-state index contributed by atoms with van der Waals surface area (Å²) in [6, 6.07) is 5.11. The van der Waals surface area contributed by atoms with E-state index in [0.717, 1.165) is 22.6 Å². The second-order valence-electron chi connectivity index (χ2n) is 3.58. The Bertz CT molecular complexity index is 389. The van der Waals surface area contributed by atoms with Crippen molar-refractivity contribution < 1.29 is 15.0 Å². The standard InChI is InChI=1S/C11H12O3S/c12-9-5-1-3-7-8(11(13)14)4-2-6-15-10(7)9/h1,3,5,8,12H,2,4,6H2,(H,13,14). The van der Waals surface area contributed by atoms with Gasteiger partial charge in [-0.25, -0.2) is 0 Å². The van der Waals surface area contributed by atoms with Crippen LogP contribution >= 0.6 is 11.8 Å². The molecule has 15 heavy (non-hydrogen) atoms. The fourth-order valence-electron chi connectivity index (χ4n) is 1.85. The molecule has 0 aliphatic carbocycles. The van der Waals surface area contributed by atoms with Gasteiger partial charge in [-0.1, -0.05) is 12.1 Å². The first kappa shape index (κ1) is 10.4. The van der Waals surface area contributed by atoms with Crippen molar-refractivity contribution in [2.75, 3.05) is 5.75 Å². The van der Waals surface area contributed by atoms with E-state index in [-0.39, 0.29) is 5.75 Å². The molecule has 3 nitrogen and oxygen atoms in total. The van der Waals surface area contributed by atoms with Gasteiger partial charge in [0.25, 0.3) is 0 Å². The molecule has 4 heteroatoms. The Labute approximate surface area is 92.1 Å².